The normalized spacial score (nSPS) is 23.2. The van der Waals surface area contributed by atoms with E-state index in [2.05, 4.69) is 36.8 Å². The molecule has 156 valence electrons. The van der Waals surface area contributed by atoms with Gasteiger partial charge in [-0.25, -0.2) is 0 Å². The number of hydrogen-bond donors (Lipinski definition) is 4. The van der Waals surface area contributed by atoms with Crippen molar-refractivity contribution >= 4 is 28.1 Å². The van der Waals surface area contributed by atoms with E-state index in [0.717, 1.165) is 35.1 Å². The van der Waals surface area contributed by atoms with Crippen molar-refractivity contribution in [1.29, 1.82) is 0 Å². The summed E-state index contributed by atoms with van der Waals surface area (Å²) in [6.45, 7) is 1.03. The van der Waals surface area contributed by atoms with Gasteiger partial charge in [0.05, 0.1) is 0 Å². The Morgan fingerprint density at radius 1 is 1.27 bits per heavy atom. The van der Waals surface area contributed by atoms with Gasteiger partial charge in [-0.1, -0.05) is 23.5 Å². The number of fused-ring (bicyclic) bond motifs is 1. The standard InChI is InChI=1S/C20H24N8OS/c1-28-17(7-8-22-28)18(29)23-14-4-2-3-12(9-14)19-26-27-20(30-19)24-15-5-6-16-13(10-15)11-21-25-16/h2-4,7-9,13,15-16,21,25H,5-6,10-11H2,1H3,(H,23,29)(H,24,27). The van der Waals surface area contributed by atoms with Crippen LogP contribution in [-0.4, -0.2) is 44.5 Å². The summed E-state index contributed by atoms with van der Waals surface area (Å²) in [6.07, 6.45) is 5.03. The van der Waals surface area contributed by atoms with Crippen molar-refractivity contribution in [1.82, 2.24) is 30.8 Å². The van der Waals surface area contributed by atoms with Crippen molar-refractivity contribution in [3.05, 3.63) is 42.2 Å². The van der Waals surface area contributed by atoms with Gasteiger partial charge in [0.2, 0.25) is 5.13 Å². The van der Waals surface area contributed by atoms with Crippen molar-refractivity contribution in [3.63, 3.8) is 0 Å². The van der Waals surface area contributed by atoms with E-state index in [9.17, 15) is 4.79 Å². The Kier molecular flexibility index (Phi) is 5.19. The fourth-order valence-electron chi connectivity index (χ4n) is 4.23. The Hall–Kier alpha value is -2.82. The molecule has 0 bridgehead atoms. The third-order valence-electron chi connectivity index (χ3n) is 5.81. The Labute approximate surface area is 178 Å². The summed E-state index contributed by atoms with van der Waals surface area (Å²) in [4.78, 5) is 12.4. The van der Waals surface area contributed by atoms with E-state index in [1.165, 1.54) is 6.42 Å². The summed E-state index contributed by atoms with van der Waals surface area (Å²) in [7, 11) is 1.74. The minimum Gasteiger partial charge on any atom is -0.357 e. The lowest BCUT2D eigenvalue weighted by molar-refractivity contribution is 0.101. The van der Waals surface area contributed by atoms with Gasteiger partial charge in [-0.15, -0.1) is 10.2 Å². The molecule has 3 aromatic rings. The van der Waals surface area contributed by atoms with Gasteiger partial charge in [-0.3, -0.25) is 20.3 Å². The number of aryl methyl sites for hydroxylation is 1. The molecule has 2 aliphatic rings. The highest BCUT2D eigenvalue weighted by Crippen LogP contribution is 2.32. The van der Waals surface area contributed by atoms with Crippen LogP contribution in [0.25, 0.3) is 10.6 Å². The molecule has 10 heteroatoms. The molecule has 5 rings (SSSR count). The van der Waals surface area contributed by atoms with Gasteiger partial charge in [-0.05, 0) is 43.4 Å². The van der Waals surface area contributed by atoms with E-state index < -0.39 is 0 Å². The molecule has 1 amide bonds. The lowest BCUT2D eigenvalue weighted by atomic mass is 9.83. The maximum absolute atomic E-state index is 12.4. The van der Waals surface area contributed by atoms with Crippen LogP contribution in [0.3, 0.4) is 0 Å². The molecular weight excluding hydrogens is 400 g/mol. The zero-order chi connectivity index (χ0) is 20.5. The Morgan fingerprint density at radius 3 is 3.07 bits per heavy atom. The van der Waals surface area contributed by atoms with Gasteiger partial charge in [0.25, 0.3) is 5.91 Å². The van der Waals surface area contributed by atoms with Crippen molar-refractivity contribution < 1.29 is 4.79 Å². The van der Waals surface area contributed by atoms with E-state index in [-0.39, 0.29) is 5.91 Å². The summed E-state index contributed by atoms with van der Waals surface area (Å²) < 4.78 is 1.55. The number of carbonyl (C=O) groups is 1. The largest absolute Gasteiger partial charge is 0.357 e. The molecule has 0 radical (unpaired) electrons. The summed E-state index contributed by atoms with van der Waals surface area (Å²) in [5.41, 5.74) is 8.77. The molecule has 30 heavy (non-hydrogen) atoms. The van der Waals surface area contributed by atoms with Gasteiger partial charge in [-0.2, -0.15) is 5.10 Å². The molecule has 3 atom stereocenters. The maximum Gasteiger partial charge on any atom is 0.273 e. The van der Waals surface area contributed by atoms with Crippen LogP contribution in [-0.2, 0) is 7.05 Å². The Balaban J connectivity index is 1.25. The minimum atomic E-state index is -0.196. The van der Waals surface area contributed by atoms with Crippen LogP contribution in [0.1, 0.15) is 29.8 Å². The fraction of sp³-hybridized carbons (Fsp3) is 0.400. The molecule has 3 unspecified atom stereocenters. The van der Waals surface area contributed by atoms with Gasteiger partial charge < -0.3 is 10.6 Å². The third-order valence-corrected chi connectivity index (χ3v) is 6.71. The number of nitrogens with one attached hydrogen (secondary N) is 4. The van der Waals surface area contributed by atoms with Crippen LogP contribution in [0.4, 0.5) is 10.8 Å². The zero-order valence-electron chi connectivity index (χ0n) is 16.6. The van der Waals surface area contributed by atoms with Crippen molar-refractivity contribution in [3.8, 4) is 10.6 Å². The van der Waals surface area contributed by atoms with Gasteiger partial charge in [0.15, 0.2) is 0 Å². The van der Waals surface area contributed by atoms with E-state index >= 15 is 0 Å². The zero-order valence-corrected chi connectivity index (χ0v) is 17.4. The number of benzene rings is 1. The number of hydrogen-bond acceptors (Lipinski definition) is 8. The SMILES string of the molecule is Cn1nccc1C(=O)Nc1cccc(-c2nnc(NC3CCC4NNCC4C3)s2)c1. The highest BCUT2D eigenvalue weighted by atomic mass is 32.1. The van der Waals surface area contributed by atoms with Gasteiger partial charge in [0.1, 0.15) is 10.7 Å². The molecule has 2 aromatic heterocycles. The number of rotatable bonds is 5. The predicted molar refractivity (Wildman–Crippen MR) is 116 cm³/mol. The van der Waals surface area contributed by atoms with Crippen molar-refractivity contribution in [2.24, 2.45) is 13.0 Å². The van der Waals surface area contributed by atoms with Crippen LogP contribution in [0, 0.1) is 5.92 Å². The first-order valence-corrected chi connectivity index (χ1v) is 11.0. The molecule has 3 heterocycles. The Bertz CT molecular complexity index is 1050. The Morgan fingerprint density at radius 2 is 2.20 bits per heavy atom. The number of anilines is 2. The molecule has 9 nitrogen and oxygen atoms in total. The topological polar surface area (TPSA) is 109 Å². The monoisotopic (exact) mass is 424 g/mol. The molecule has 1 aromatic carbocycles. The highest BCUT2D eigenvalue weighted by molar-refractivity contribution is 7.18. The molecule has 1 saturated carbocycles. The van der Waals surface area contributed by atoms with Crippen LogP contribution in [0.5, 0.6) is 0 Å². The lowest BCUT2D eigenvalue weighted by Gasteiger charge is -2.30. The fourth-order valence-corrected chi connectivity index (χ4v) is 5.04. The summed E-state index contributed by atoms with van der Waals surface area (Å²) in [5.74, 6) is 0.474. The van der Waals surface area contributed by atoms with Crippen LogP contribution in [0.2, 0.25) is 0 Å². The summed E-state index contributed by atoms with van der Waals surface area (Å²) >= 11 is 1.54. The van der Waals surface area contributed by atoms with Crippen LogP contribution in [0.15, 0.2) is 36.5 Å². The van der Waals surface area contributed by atoms with Crippen molar-refractivity contribution in [2.45, 2.75) is 31.3 Å². The smallest absolute Gasteiger partial charge is 0.273 e. The molecule has 2 fully saturated rings. The number of amides is 1. The lowest BCUT2D eigenvalue weighted by Crippen LogP contribution is -2.39. The predicted octanol–water partition coefficient (Wildman–Crippen LogP) is 2.25. The molecule has 1 aliphatic heterocycles. The first-order chi connectivity index (χ1) is 14.7. The summed E-state index contributed by atoms with van der Waals surface area (Å²) in [6, 6.07) is 10.4. The number of hydrazine groups is 1. The van der Waals surface area contributed by atoms with E-state index in [4.69, 9.17) is 0 Å². The van der Waals surface area contributed by atoms with Crippen LogP contribution < -0.4 is 21.5 Å². The second kappa shape index (κ2) is 8.13. The maximum atomic E-state index is 12.4. The summed E-state index contributed by atoms with van der Waals surface area (Å²) in [5, 5.41) is 20.9. The highest BCUT2D eigenvalue weighted by Gasteiger charge is 2.34. The number of nitrogens with zero attached hydrogens (tertiary/aromatic N) is 4. The quantitative estimate of drug-likeness (QED) is 0.497. The number of aromatic nitrogens is 4. The van der Waals surface area contributed by atoms with Gasteiger partial charge >= 0.3 is 0 Å². The molecule has 0 spiro atoms. The first-order valence-electron chi connectivity index (χ1n) is 10.1. The second-order valence-corrected chi connectivity index (χ2v) is 8.81. The molecule has 1 aliphatic carbocycles. The van der Waals surface area contributed by atoms with Crippen LogP contribution >= 0.6 is 11.3 Å². The molecule has 1 saturated heterocycles. The number of carbonyl (C=O) groups excluding carboxylic acids is 1. The molecule has 4 N–H and O–H groups in total. The van der Waals surface area contributed by atoms with E-state index in [1.54, 1.807) is 35.3 Å². The minimum absolute atomic E-state index is 0.196. The van der Waals surface area contributed by atoms with E-state index in [0.29, 0.717) is 29.4 Å². The first kappa shape index (κ1) is 19.2. The van der Waals surface area contributed by atoms with E-state index in [1.807, 2.05) is 24.3 Å². The average molecular weight is 425 g/mol. The molecular formula is C20H24N8OS. The second-order valence-electron chi connectivity index (χ2n) is 7.83. The third kappa shape index (κ3) is 3.93. The van der Waals surface area contributed by atoms with Gasteiger partial charge in [0, 0.05) is 43.1 Å². The van der Waals surface area contributed by atoms with Crippen molar-refractivity contribution in [2.75, 3.05) is 17.2 Å². The average Bonchev–Trinajstić information content (AvgIpc) is 3.48.